The maximum Gasteiger partial charge on any atom is 0.412 e. The van der Waals surface area contributed by atoms with Gasteiger partial charge in [-0.3, -0.25) is 10.1 Å². The van der Waals surface area contributed by atoms with E-state index in [1.54, 1.807) is 27.9 Å². The molecule has 0 fully saturated rings. The van der Waals surface area contributed by atoms with Gasteiger partial charge in [0.25, 0.3) is 0 Å². The number of hydrogen-bond donors (Lipinski definition) is 2. The summed E-state index contributed by atoms with van der Waals surface area (Å²) in [6, 6.07) is 11.1. The zero-order valence-corrected chi connectivity index (χ0v) is 16.5. The van der Waals surface area contributed by atoms with Gasteiger partial charge in [-0.25, -0.2) is 9.18 Å². The lowest BCUT2D eigenvalue weighted by Crippen LogP contribution is -2.27. The van der Waals surface area contributed by atoms with Crippen LogP contribution in [-0.4, -0.2) is 24.7 Å². The Kier molecular flexibility index (Phi) is 6.98. The second-order valence-electron chi connectivity index (χ2n) is 7.21. The van der Waals surface area contributed by atoms with Gasteiger partial charge < -0.3 is 14.8 Å². The van der Waals surface area contributed by atoms with Gasteiger partial charge in [-0.05, 0) is 63.1 Å². The molecule has 6 nitrogen and oxygen atoms in total. The summed E-state index contributed by atoms with van der Waals surface area (Å²) in [5.74, 6) is -0.0836. The Morgan fingerprint density at radius 1 is 1.00 bits per heavy atom. The van der Waals surface area contributed by atoms with Gasteiger partial charge in [0.2, 0.25) is 5.91 Å². The molecule has 0 radical (unpaired) electrons. The topological polar surface area (TPSA) is 76.7 Å². The number of aryl methyl sites for hydroxylation is 1. The van der Waals surface area contributed by atoms with Crippen molar-refractivity contribution in [3.05, 3.63) is 53.8 Å². The summed E-state index contributed by atoms with van der Waals surface area (Å²) in [4.78, 5) is 24.2. The van der Waals surface area contributed by atoms with Crippen molar-refractivity contribution in [3.8, 4) is 5.75 Å². The van der Waals surface area contributed by atoms with Gasteiger partial charge in [-0.15, -0.1) is 0 Å². The van der Waals surface area contributed by atoms with Crippen LogP contribution in [0.1, 0.15) is 32.8 Å². The Morgan fingerprint density at radius 2 is 1.68 bits per heavy atom. The molecule has 0 saturated heterocycles. The second-order valence-corrected chi connectivity index (χ2v) is 7.21. The molecule has 0 aliphatic heterocycles. The van der Waals surface area contributed by atoms with E-state index in [0.29, 0.717) is 6.42 Å². The predicted molar refractivity (Wildman–Crippen MR) is 106 cm³/mol. The average Bonchev–Trinajstić information content (AvgIpc) is 2.61. The highest BCUT2D eigenvalue weighted by Crippen LogP contribution is 2.24. The molecule has 0 atom stereocenters. The molecule has 0 spiro atoms. The van der Waals surface area contributed by atoms with Crippen molar-refractivity contribution in [2.24, 2.45) is 0 Å². The van der Waals surface area contributed by atoms with Crippen LogP contribution < -0.4 is 15.4 Å². The van der Waals surface area contributed by atoms with Crippen molar-refractivity contribution in [2.45, 2.75) is 39.2 Å². The van der Waals surface area contributed by atoms with E-state index in [0.717, 1.165) is 17.4 Å². The number of anilines is 2. The van der Waals surface area contributed by atoms with Crippen LogP contribution >= 0.6 is 0 Å². The number of benzene rings is 2. The summed E-state index contributed by atoms with van der Waals surface area (Å²) >= 11 is 0. The fourth-order valence-electron chi connectivity index (χ4n) is 2.41. The third-order valence-corrected chi connectivity index (χ3v) is 3.69. The van der Waals surface area contributed by atoms with E-state index in [4.69, 9.17) is 9.47 Å². The number of carbonyl (C=O) groups is 2. The van der Waals surface area contributed by atoms with Crippen molar-refractivity contribution in [1.29, 1.82) is 0 Å². The summed E-state index contributed by atoms with van der Waals surface area (Å²) in [7, 11) is 1.59. The van der Waals surface area contributed by atoms with Crippen LogP contribution in [0.4, 0.5) is 20.6 Å². The number of hydrogen-bond acceptors (Lipinski definition) is 4. The molecule has 0 aliphatic carbocycles. The van der Waals surface area contributed by atoms with Gasteiger partial charge >= 0.3 is 6.09 Å². The van der Waals surface area contributed by atoms with E-state index in [9.17, 15) is 14.0 Å². The van der Waals surface area contributed by atoms with Crippen LogP contribution in [0.3, 0.4) is 0 Å². The summed E-state index contributed by atoms with van der Waals surface area (Å²) in [6.07, 6.45) is 0.0298. The minimum Gasteiger partial charge on any atom is -0.497 e. The highest BCUT2D eigenvalue weighted by Gasteiger charge is 2.18. The first-order valence-electron chi connectivity index (χ1n) is 8.88. The zero-order valence-electron chi connectivity index (χ0n) is 16.5. The van der Waals surface area contributed by atoms with Crippen LogP contribution in [0.25, 0.3) is 0 Å². The smallest absolute Gasteiger partial charge is 0.412 e. The third kappa shape index (κ3) is 6.90. The largest absolute Gasteiger partial charge is 0.497 e. The number of ether oxygens (including phenoxy) is 2. The normalized spacial score (nSPS) is 10.9. The fourth-order valence-corrected chi connectivity index (χ4v) is 2.41. The Balaban J connectivity index is 2.00. The third-order valence-electron chi connectivity index (χ3n) is 3.69. The summed E-state index contributed by atoms with van der Waals surface area (Å²) in [6.45, 7) is 5.21. The SMILES string of the molecule is COc1ccc(CCC(=O)Nc2cc(F)ccc2NC(=O)OC(C)(C)C)cc1. The number of nitrogens with one attached hydrogen (secondary N) is 2. The second kappa shape index (κ2) is 9.21. The van der Waals surface area contributed by atoms with Gasteiger partial charge in [0, 0.05) is 6.42 Å². The lowest BCUT2D eigenvalue weighted by atomic mass is 10.1. The molecule has 0 bridgehead atoms. The van der Waals surface area contributed by atoms with E-state index in [1.165, 1.54) is 12.1 Å². The maximum atomic E-state index is 13.6. The first kappa shape index (κ1) is 21.2. The van der Waals surface area contributed by atoms with Crippen LogP contribution in [0.15, 0.2) is 42.5 Å². The summed E-state index contributed by atoms with van der Waals surface area (Å²) in [5.41, 5.74) is 0.729. The van der Waals surface area contributed by atoms with Gasteiger partial charge in [-0.1, -0.05) is 12.1 Å². The minimum absolute atomic E-state index is 0.172. The van der Waals surface area contributed by atoms with Crippen LogP contribution in [0.5, 0.6) is 5.75 Å². The molecule has 2 aromatic rings. The number of rotatable bonds is 6. The van der Waals surface area contributed by atoms with E-state index < -0.39 is 17.5 Å². The van der Waals surface area contributed by atoms with Gasteiger partial charge in [0.1, 0.15) is 17.2 Å². The van der Waals surface area contributed by atoms with Crippen molar-refractivity contribution in [1.82, 2.24) is 0 Å². The maximum absolute atomic E-state index is 13.6. The Labute approximate surface area is 164 Å². The van der Waals surface area contributed by atoms with E-state index >= 15 is 0 Å². The monoisotopic (exact) mass is 388 g/mol. The molecular formula is C21H25FN2O4. The molecule has 0 unspecified atom stereocenters. The molecule has 2 amide bonds. The van der Waals surface area contributed by atoms with Crippen molar-refractivity contribution < 1.29 is 23.5 Å². The van der Waals surface area contributed by atoms with Gasteiger partial charge in [0.15, 0.2) is 0 Å². The number of methoxy groups -OCH3 is 1. The Hall–Kier alpha value is -3.09. The highest BCUT2D eigenvalue weighted by molar-refractivity contribution is 5.97. The fraction of sp³-hybridized carbons (Fsp3) is 0.333. The average molecular weight is 388 g/mol. The molecule has 0 saturated carbocycles. The molecule has 150 valence electrons. The zero-order chi connectivity index (χ0) is 20.7. The molecule has 0 aliphatic rings. The lowest BCUT2D eigenvalue weighted by Gasteiger charge is -2.20. The Bertz CT molecular complexity index is 829. The molecule has 7 heteroatoms. The van der Waals surface area contributed by atoms with Crippen molar-refractivity contribution in [2.75, 3.05) is 17.7 Å². The van der Waals surface area contributed by atoms with E-state index in [2.05, 4.69) is 10.6 Å². The Morgan fingerprint density at radius 3 is 2.29 bits per heavy atom. The molecular weight excluding hydrogens is 363 g/mol. The molecule has 2 N–H and O–H groups in total. The van der Waals surface area contributed by atoms with Gasteiger partial charge in [-0.2, -0.15) is 0 Å². The molecule has 28 heavy (non-hydrogen) atoms. The molecule has 2 rings (SSSR count). The summed E-state index contributed by atoms with van der Waals surface area (Å²) in [5, 5.41) is 5.17. The molecule has 0 heterocycles. The first-order valence-corrected chi connectivity index (χ1v) is 8.88. The van der Waals surface area contributed by atoms with Crippen molar-refractivity contribution >= 4 is 23.4 Å². The van der Waals surface area contributed by atoms with Crippen LogP contribution in [0.2, 0.25) is 0 Å². The van der Waals surface area contributed by atoms with Crippen LogP contribution in [0, 0.1) is 5.82 Å². The number of amides is 2. The summed E-state index contributed by atoms with van der Waals surface area (Å²) < 4.78 is 23.9. The van der Waals surface area contributed by atoms with Crippen LogP contribution in [-0.2, 0) is 16.0 Å². The quantitative estimate of drug-likeness (QED) is 0.748. The van der Waals surface area contributed by atoms with E-state index in [1.807, 2.05) is 24.3 Å². The lowest BCUT2D eigenvalue weighted by molar-refractivity contribution is -0.116. The number of carbonyl (C=O) groups excluding carboxylic acids is 2. The predicted octanol–water partition coefficient (Wildman–Crippen LogP) is 4.75. The van der Waals surface area contributed by atoms with E-state index in [-0.39, 0.29) is 23.7 Å². The standard InChI is InChI=1S/C21H25FN2O4/c1-21(2,3)28-20(26)24-17-11-8-15(22)13-18(17)23-19(25)12-7-14-5-9-16(27-4)10-6-14/h5-6,8-11,13H,7,12H2,1-4H3,(H,23,25)(H,24,26). The minimum atomic E-state index is -0.687. The highest BCUT2D eigenvalue weighted by atomic mass is 19.1. The van der Waals surface area contributed by atoms with Crippen molar-refractivity contribution in [3.63, 3.8) is 0 Å². The molecule has 0 aromatic heterocycles. The molecule has 2 aromatic carbocycles. The van der Waals surface area contributed by atoms with Gasteiger partial charge in [0.05, 0.1) is 18.5 Å². The first-order chi connectivity index (χ1) is 13.2. The number of halogens is 1.